The Kier molecular flexibility index (Phi) is 7.58. The molecule has 0 aromatic rings. The van der Waals surface area contributed by atoms with Gasteiger partial charge in [-0.25, -0.2) is 0 Å². The molecule has 1 nitrogen and oxygen atoms in total. The van der Waals surface area contributed by atoms with Crippen molar-refractivity contribution in [2.24, 2.45) is 5.92 Å². The topological polar surface area (TPSA) is 12.0 Å². The zero-order chi connectivity index (χ0) is 11.6. The summed E-state index contributed by atoms with van der Waals surface area (Å²) in [5.41, 5.74) is 0. The maximum absolute atomic E-state index is 3.88. The van der Waals surface area contributed by atoms with Crippen LogP contribution in [0.15, 0.2) is 12.7 Å². The Morgan fingerprint density at radius 2 is 1.94 bits per heavy atom. The first-order chi connectivity index (χ1) is 7.86. The molecule has 0 amide bonds. The van der Waals surface area contributed by atoms with Crippen molar-refractivity contribution in [3.63, 3.8) is 0 Å². The predicted octanol–water partition coefficient (Wildman–Crippen LogP) is 4.29. The molecule has 1 rings (SSSR count). The molecule has 0 radical (unpaired) electrons. The van der Waals surface area contributed by atoms with Crippen molar-refractivity contribution in [2.75, 3.05) is 6.54 Å². The van der Waals surface area contributed by atoms with Gasteiger partial charge in [-0.1, -0.05) is 51.5 Å². The van der Waals surface area contributed by atoms with Crippen LogP contribution in [-0.4, -0.2) is 12.6 Å². The molecule has 16 heavy (non-hydrogen) atoms. The first kappa shape index (κ1) is 13.8. The molecule has 0 aromatic carbocycles. The van der Waals surface area contributed by atoms with Crippen molar-refractivity contribution in [1.29, 1.82) is 0 Å². The third-order valence-corrected chi connectivity index (χ3v) is 3.73. The van der Waals surface area contributed by atoms with Gasteiger partial charge in [-0.05, 0) is 31.7 Å². The lowest BCUT2D eigenvalue weighted by atomic mass is 9.91. The van der Waals surface area contributed by atoms with Gasteiger partial charge < -0.3 is 5.32 Å². The molecular formula is C15H29N. The number of hydrogen-bond donors (Lipinski definition) is 1. The van der Waals surface area contributed by atoms with E-state index in [0.717, 1.165) is 18.9 Å². The van der Waals surface area contributed by atoms with Crippen LogP contribution in [0.4, 0.5) is 0 Å². The molecule has 1 fully saturated rings. The monoisotopic (exact) mass is 223 g/mol. The van der Waals surface area contributed by atoms with Crippen LogP contribution in [0, 0.1) is 5.92 Å². The summed E-state index contributed by atoms with van der Waals surface area (Å²) in [5.74, 6) is 0.969. The van der Waals surface area contributed by atoms with Crippen molar-refractivity contribution in [3.8, 4) is 0 Å². The Morgan fingerprint density at radius 1 is 1.25 bits per heavy atom. The predicted molar refractivity (Wildman–Crippen MR) is 72.7 cm³/mol. The molecule has 1 aliphatic rings. The van der Waals surface area contributed by atoms with Gasteiger partial charge in [0.1, 0.15) is 0 Å². The average molecular weight is 223 g/mol. The zero-order valence-corrected chi connectivity index (χ0v) is 11.0. The molecule has 0 heterocycles. The second-order valence-corrected chi connectivity index (χ2v) is 5.27. The van der Waals surface area contributed by atoms with Gasteiger partial charge in [0.25, 0.3) is 0 Å². The molecule has 0 spiro atoms. The first-order valence-corrected chi connectivity index (χ1v) is 7.21. The Morgan fingerprint density at radius 3 is 2.50 bits per heavy atom. The highest BCUT2D eigenvalue weighted by molar-refractivity contribution is 4.81. The smallest absolute Gasteiger partial charge is 0.0104 e. The molecule has 94 valence electrons. The standard InChI is InChI=1S/C15H29N/c1-3-9-15(16-12-4-2)13-14-10-7-5-6-8-11-14/h3,14-16H,1,4-13H2,2H3. The first-order valence-electron chi connectivity index (χ1n) is 7.21. The van der Waals surface area contributed by atoms with E-state index in [9.17, 15) is 0 Å². The molecule has 1 N–H and O–H groups in total. The third-order valence-electron chi connectivity index (χ3n) is 3.73. The lowest BCUT2D eigenvalue weighted by Crippen LogP contribution is -2.31. The highest BCUT2D eigenvalue weighted by Gasteiger charge is 2.16. The Labute approximate surface area is 102 Å². The Hall–Kier alpha value is -0.300. The molecule has 1 atom stereocenters. The number of hydrogen-bond acceptors (Lipinski definition) is 1. The van der Waals surface area contributed by atoms with E-state index in [0.29, 0.717) is 6.04 Å². The molecule has 0 bridgehead atoms. The molecule has 0 aromatic heterocycles. The minimum Gasteiger partial charge on any atom is -0.314 e. The van der Waals surface area contributed by atoms with Crippen molar-refractivity contribution < 1.29 is 0 Å². The summed E-state index contributed by atoms with van der Waals surface area (Å²) in [5, 5.41) is 3.67. The molecule has 1 heteroatoms. The van der Waals surface area contributed by atoms with E-state index in [4.69, 9.17) is 0 Å². The van der Waals surface area contributed by atoms with E-state index in [1.54, 1.807) is 0 Å². The second kappa shape index (κ2) is 8.81. The van der Waals surface area contributed by atoms with E-state index in [1.807, 2.05) is 0 Å². The van der Waals surface area contributed by atoms with Crippen molar-refractivity contribution in [1.82, 2.24) is 5.32 Å². The summed E-state index contributed by atoms with van der Waals surface area (Å²) in [6.07, 6.45) is 14.6. The molecule has 1 unspecified atom stereocenters. The quantitative estimate of drug-likeness (QED) is 0.501. The fourth-order valence-electron chi connectivity index (χ4n) is 2.81. The molecule has 1 saturated carbocycles. The van der Waals surface area contributed by atoms with Crippen LogP contribution < -0.4 is 5.32 Å². The van der Waals surface area contributed by atoms with Gasteiger partial charge in [0, 0.05) is 6.04 Å². The SMILES string of the molecule is C=CCC(CC1CCCCCC1)NCCC. The molecule has 1 aliphatic carbocycles. The van der Waals surface area contributed by atoms with E-state index in [2.05, 4.69) is 24.9 Å². The van der Waals surface area contributed by atoms with Gasteiger partial charge in [0.2, 0.25) is 0 Å². The fourth-order valence-corrected chi connectivity index (χ4v) is 2.81. The lowest BCUT2D eigenvalue weighted by Gasteiger charge is -2.22. The van der Waals surface area contributed by atoms with E-state index in [1.165, 1.54) is 51.4 Å². The van der Waals surface area contributed by atoms with Crippen molar-refractivity contribution in [2.45, 2.75) is 70.8 Å². The summed E-state index contributed by atoms with van der Waals surface area (Å²) in [6, 6.07) is 0.681. The highest BCUT2D eigenvalue weighted by Crippen LogP contribution is 2.27. The summed E-state index contributed by atoms with van der Waals surface area (Å²) in [4.78, 5) is 0. The summed E-state index contributed by atoms with van der Waals surface area (Å²) in [6.45, 7) is 7.28. The van der Waals surface area contributed by atoms with E-state index < -0.39 is 0 Å². The van der Waals surface area contributed by atoms with Crippen LogP contribution in [0.1, 0.15) is 64.7 Å². The highest BCUT2D eigenvalue weighted by atomic mass is 14.9. The van der Waals surface area contributed by atoms with Crippen LogP contribution in [0.3, 0.4) is 0 Å². The summed E-state index contributed by atoms with van der Waals surface area (Å²) < 4.78 is 0. The largest absolute Gasteiger partial charge is 0.314 e. The van der Waals surface area contributed by atoms with Gasteiger partial charge in [-0.2, -0.15) is 0 Å². The fraction of sp³-hybridized carbons (Fsp3) is 0.867. The van der Waals surface area contributed by atoms with Crippen LogP contribution in [-0.2, 0) is 0 Å². The van der Waals surface area contributed by atoms with Crippen LogP contribution in [0.2, 0.25) is 0 Å². The van der Waals surface area contributed by atoms with E-state index >= 15 is 0 Å². The maximum atomic E-state index is 3.88. The summed E-state index contributed by atoms with van der Waals surface area (Å²) >= 11 is 0. The van der Waals surface area contributed by atoms with Gasteiger partial charge in [-0.3, -0.25) is 0 Å². The zero-order valence-electron chi connectivity index (χ0n) is 11.0. The average Bonchev–Trinajstić information content (AvgIpc) is 2.55. The van der Waals surface area contributed by atoms with Crippen LogP contribution in [0.5, 0.6) is 0 Å². The number of rotatable bonds is 7. The molecular weight excluding hydrogens is 194 g/mol. The molecule has 0 aliphatic heterocycles. The van der Waals surface area contributed by atoms with Gasteiger partial charge in [-0.15, -0.1) is 6.58 Å². The van der Waals surface area contributed by atoms with Gasteiger partial charge in [0.15, 0.2) is 0 Å². The van der Waals surface area contributed by atoms with Gasteiger partial charge in [0.05, 0.1) is 0 Å². The number of nitrogens with one attached hydrogen (secondary N) is 1. The van der Waals surface area contributed by atoms with Gasteiger partial charge >= 0.3 is 0 Å². The Balaban J connectivity index is 2.29. The minimum absolute atomic E-state index is 0.681. The maximum Gasteiger partial charge on any atom is 0.0104 e. The normalized spacial score (nSPS) is 20.3. The Bertz CT molecular complexity index is 168. The lowest BCUT2D eigenvalue weighted by molar-refractivity contribution is 0.352. The van der Waals surface area contributed by atoms with Crippen molar-refractivity contribution in [3.05, 3.63) is 12.7 Å². The van der Waals surface area contributed by atoms with Crippen LogP contribution in [0.25, 0.3) is 0 Å². The minimum atomic E-state index is 0.681. The molecule has 0 saturated heterocycles. The van der Waals surface area contributed by atoms with Crippen molar-refractivity contribution >= 4 is 0 Å². The summed E-state index contributed by atoms with van der Waals surface area (Å²) in [7, 11) is 0. The third kappa shape index (κ3) is 5.69. The van der Waals surface area contributed by atoms with E-state index in [-0.39, 0.29) is 0 Å². The van der Waals surface area contributed by atoms with Crippen LogP contribution >= 0.6 is 0 Å². The second-order valence-electron chi connectivity index (χ2n) is 5.27.